The molecule has 1 aliphatic heterocycles. The Bertz CT molecular complexity index is 929. The number of fused-ring (bicyclic) bond motifs is 1. The van der Waals surface area contributed by atoms with Gasteiger partial charge in [0.15, 0.2) is 0 Å². The normalized spacial score (nSPS) is 16.1. The van der Waals surface area contributed by atoms with Crippen molar-refractivity contribution >= 4 is 23.2 Å². The molecule has 27 heavy (non-hydrogen) atoms. The van der Waals surface area contributed by atoms with E-state index in [1.165, 1.54) is 0 Å². The van der Waals surface area contributed by atoms with Crippen LogP contribution in [0.2, 0.25) is 0 Å². The number of carbonyl (C=O) groups excluding carboxylic acids is 2. The number of amides is 2. The summed E-state index contributed by atoms with van der Waals surface area (Å²) >= 11 is 1.58. The highest BCUT2D eigenvalue weighted by molar-refractivity contribution is 7.10. The van der Waals surface area contributed by atoms with Crippen LogP contribution < -0.4 is 10.9 Å². The molecule has 2 aromatic heterocycles. The summed E-state index contributed by atoms with van der Waals surface area (Å²) in [4.78, 5) is 41.0. The van der Waals surface area contributed by atoms with Gasteiger partial charge >= 0.3 is 0 Å². The quantitative estimate of drug-likeness (QED) is 0.857. The molecule has 2 amide bonds. The number of aromatic nitrogens is 1. The fourth-order valence-electron chi connectivity index (χ4n) is 3.67. The fraction of sp³-hybridized carbons (Fsp3) is 0.450. The maximum Gasteiger partial charge on any atom is 0.263 e. The Hall–Kier alpha value is -2.41. The Kier molecular flexibility index (Phi) is 4.86. The molecule has 1 aliphatic carbocycles. The molecule has 2 aliphatic rings. The van der Waals surface area contributed by atoms with Crippen LogP contribution in [0.15, 0.2) is 28.5 Å². The zero-order valence-corrected chi connectivity index (χ0v) is 16.2. The monoisotopic (exact) mass is 385 g/mol. The lowest BCUT2D eigenvalue weighted by molar-refractivity contribution is -0.131. The van der Waals surface area contributed by atoms with Crippen LogP contribution in [-0.2, 0) is 24.2 Å². The van der Waals surface area contributed by atoms with Gasteiger partial charge in [-0.1, -0.05) is 6.07 Å². The molecule has 0 spiro atoms. The maximum absolute atomic E-state index is 12.9. The van der Waals surface area contributed by atoms with Crippen LogP contribution in [0.4, 0.5) is 0 Å². The van der Waals surface area contributed by atoms with E-state index in [-0.39, 0.29) is 29.0 Å². The van der Waals surface area contributed by atoms with Gasteiger partial charge in [0.25, 0.3) is 11.5 Å². The van der Waals surface area contributed by atoms with E-state index in [0.29, 0.717) is 32.5 Å². The third-order valence-corrected chi connectivity index (χ3v) is 6.06. The highest BCUT2D eigenvalue weighted by atomic mass is 32.1. The third kappa shape index (κ3) is 3.56. The van der Waals surface area contributed by atoms with Gasteiger partial charge in [-0.25, -0.2) is 0 Å². The maximum atomic E-state index is 12.9. The van der Waals surface area contributed by atoms with Gasteiger partial charge in [0.05, 0.1) is 6.42 Å². The zero-order chi connectivity index (χ0) is 19.0. The van der Waals surface area contributed by atoms with Crippen molar-refractivity contribution in [3.8, 4) is 0 Å². The average molecular weight is 385 g/mol. The van der Waals surface area contributed by atoms with E-state index in [1.54, 1.807) is 15.9 Å². The Labute approximate surface area is 161 Å². The van der Waals surface area contributed by atoms with E-state index in [2.05, 4.69) is 5.32 Å². The van der Waals surface area contributed by atoms with Crippen molar-refractivity contribution in [2.45, 2.75) is 45.2 Å². The molecule has 6 nitrogen and oxygen atoms in total. The lowest BCUT2D eigenvalue weighted by Gasteiger charge is -2.30. The first-order chi connectivity index (χ1) is 13.1. The second-order valence-electron chi connectivity index (χ2n) is 7.13. The molecule has 0 saturated heterocycles. The van der Waals surface area contributed by atoms with Crippen molar-refractivity contribution in [3.63, 3.8) is 0 Å². The van der Waals surface area contributed by atoms with E-state index in [1.807, 2.05) is 35.5 Å². The van der Waals surface area contributed by atoms with Gasteiger partial charge in [-0.05, 0) is 48.8 Å². The highest BCUT2D eigenvalue weighted by Gasteiger charge is 2.32. The topological polar surface area (TPSA) is 71.4 Å². The van der Waals surface area contributed by atoms with E-state index in [9.17, 15) is 14.4 Å². The highest BCUT2D eigenvalue weighted by Crippen LogP contribution is 2.34. The molecule has 3 heterocycles. The zero-order valence-electron chi connectivity index (χ0n) is 15.4. The Morgan fingerprint density at radius 2 is 2.15 bits per heavy atom. The summed E-state index contributed by atoms with van der Waals surface area (Å²) in [5, 5.41) is 4.74. The van der Waals surface area contributed by atoms with Crippen molar-refractivity contribution < 1.29 is 9.59 Å². The minimum Gasteiger partial charge on any atom is -0.352 e. The molecule has 0 aromatic carbocycles. The van der Waals surface area contributed by atoms with Crippen molar-refractivity contribution in [2.24, 2.45) is 0 Å². The fourth-order valence-corrected chi connectivity index (χ4v) is 4.37. The second kappa shape index (κ2) is 7.31. The van der Waals surface area contributed by atoms with Crippen LogP contribution in [0.5, 0.6) is 0 Å². The predicted octanol–water partition coefficient (Wildman–Crippen LogP) is 2.12. The van der Waals surface area contributed by atoms with E-state index < -0.39 is 0 Å². The number of carbonyl (C=O) groups is 2. The summed E-state index contributed by atoms with van der Waals surface area (Å²) in [6, 6.07) is 4.11. The summed E-state index contributed by atoms with van der Waals surface area (Å²) in [5.74, 6) is -0.209. The number of hydrogen-bond acceptors (Lipinski definition) is 4. The first-order valence-corrected chi connectivity index (χ1v) is 10.3. The standard InChI is InChI=1S/C20H23N3O3S/c1-2-21-19(25)18-16-7-8-22(17(24)10-15-4-3-9-27-15)11-13(16)12-23(20(18)26)14-5-6-14/h3-4,9,12,14H,2,5-8,10-11H2,1H3,(H,21,25). The Balaban J connectivity index is 1.65. The smallest absolute Gasteiger partial charge is 0.263 e. The number of hydrogen-bond donors (Lipinski definition) is 1. The molecule has 0 atom stereocenters. The second-order valence-corrected chi connectivity index (χ2v) is 8.16. The van der Waals surface area contributed by atoms with Crippen LogP contribution in [0.1, 0.15) is 52.2 Å². The largest absolute Gasteiger partial charge is 0.352 e. The third-order valence-electron chi connectivity index (χ3n) is 5.19. The van der Waals surface area contributed by atoms with Crippen LogP contribution in [-0.4, -0.2) is 34.4 Å². The molecule has 0 radical (unpaired) electrons. The summed E-state index contributed by atoms with van der Waals surface area (Å²) < 4.78 is 1.71. The van der Waals surface area contributed by atoms with Gasteiger partial charge in [0.1, 0.15) is 5.56 Å². The van der Waals surface area contributed by atoms with Gasteiger partial charge in [0.2, 0.25) is 5.91 Å². The first kappa shape index (κ1) is 18.0. The summed E-state index contributed by atoms with van der Waals surface area (Å²) in [6.45, 7) is 3.32. The van der Waals surface area contributed by atoms with Crippen molar-refractivity contribution in [1.82, 2.24) is 14.8 Å². The Morgan fingerprint density at radius 1 is 1.33 bits per heavy atom. The predicted molar refractivity (Wildman–Crippen MR) is 104 cm³/mol. The minimum atomic E-state index is -0.299. The number of rotatable bonds is 5. The molecule has 2 aromatic rings. The van der Waals surface area contributed by atoms with Gasteiger partial charge < -0.3 is 14.8 Å². The molecule has 142 valence electrons. The van der Waals surface area contributed by atoms with Crippen molar-refractivity contribution in [2.75, 3.05) is 13.1 Å². The molecular weight excluding hydrogens is 362 g/mol. The molecule has 1 saturated carbocycles. The lowest BCUT2D eigenvalue weighted by atomic mass is 9.95. The summed E-state index contributed by atoms with van der Waals surface area (Å²) in [5.41, 5.74) is 1.81. The van der Waals surface area contributed by atoms with Crippen LogP contribution >= 0.6 is 11.3 Å². The van der Waals surface area contributed by atoms with E-state index in [4.69, 9.17) is 0 Å². The first-order valence-electron chi connectivity index (χ1n) is 9.43. The summed E-state index contributed by atoms with van der Waals surface area (Å²) in [6.07, 6.45) is 4.75. The van der Waals surface area contributed by atoms with Crippen LogP contribution in [0.25, 0.3) is 0 Å². The molecule has 1 fully saturated rings. The Morgan fingerprint density at radius 3 is 2.81 bits per heavy atom. The van der Waals surface area contributed by atoms with Gasteiger partial charge in [-0.15, -0.1) is 11.3 Å². The van der Waals surface area contributed by atoms with Crippen LogP contribution in [0.3, 0.4) is 0 Å². The number of pyridine rings is 1. The summed E-state index contributed by atoms with van der Waals surface area (Å²) in [7, 11) is 0. The number of nitrogens with zero attached hydrogens (tertiary/aromatic N) is 2. The van der Waals surface area contributed by atoms with Crippen molar-refractivity contribution in [1.29, 1.82) is 0 Å². The van der Waals surface area contributed by atoms with Gasteiger partial charge in [0, 0.05) is 36.8 Å². The van der Waals surface area contributed by atoms with Crippen molar-refractivity contribution in [3.05, 3.63) is 55.6 Å². The number of nitrogens with one attached hydrogen (secondary N) is 1. The molecule has 4 rings (SSSR count). The SMILES string of the molecule is CCNC(=O)c1c2c(cn(C3CC3)c1=O)CN(C(=O)Cc1cccs1)CC2. The van der Waals surface area contributed by atoms with Crippen LogP contribution in [0, 0.1) is 0 Å². The molecular formula is C20H23N3O3S. The van der Waals surface area contributed by atoms with E-state index >= 15 is 0 Å². The minimum absolute atomic E-state index is 0.0897. The number of thiophene rings is 1. The lowest BCUT2D eigenvalue weighted by Crippen LogP contribution is -2.41. The molecule has 0 bridgehead atoms. The molecule has 7 heteroatoms. The van der Waals surface area contributed by atoms with E-state index in [0.717, 1.165) is 28.8 Å². The average Bonchev–Trinajstić information content (AvgIpc) is 3.37. The van der Waals surface area contributed by atoms with Gasteiger partial charge in [-0.3, -0.25) is 14.4 Å². The van der Waals surface area contributed by atoms with Gasteiger partial charge in [-0.2, -0.15) is 0 Å². The molecule has 0 unspecified atom stereocenters. The molecule has 1 N–H and O–H groups in total.